The third-order valence-electron chi connectivity index (χ3n) is 3.05. The molecule has 0 atom stereocenters. The number of anilines is 1. The normalized spacial score (nSPS) is 10.2. The molecule has 0 bridgehead atoms. The lowest BCUT2D eigenvalue weighted by Crippen LogP contribution is -2.14. The molecule has 0 saturated carbocycles. The fourth-order valence-corrected chi connectivity index (χ4v) is 2.55. The number of hydrogen-bond acceptors (Lipinski definition) is 2. The molecule has 0 fully saturated rings. The first-order chi connectivity index (χ1) is 9.65. The zero-order valence-electron chi connectivity index (χ0n) is 11.4. The van der Waals surface area contributed by atoms with Crippen molar-refractivity contribution in [1.29, 1.82) is 0 Å². The van der Waals surface area contributed by atoms with Crippen molar-refractivity contribution in [3.8, 4) is 5.75 Å². The lowest BCUT2D eigenvalue weighted by atomic mass is 10.1. The molecule has 20 heavy (non-hydrogen) atoms. The number of benzene rings is 2. The van der Waals surface area contributed by atoms with E-state index in [-0.39, 0.29) is 5.91 Å². The minimum absolute atomic E-state index is 0.154. The van der Waals surface area contributed by atoms with Gasteiger partial charge < -0.3 is 10.1 Å². The van der Waals surface area contributed by atoms with Crippen LogP contribution in [0.1, 0.15) is 22.8 Å². The van der Waals surface area contributed by atoms with Crippen LogP contribution >= 0.6 is 22.6 Å². The maximum atomic E-state index is 12.4. The largest absolute Gasteiger partial charge is 0.496 e. The monoisotopic (exact) mass is 381 g/mol. The second-order valence-electron chi connectivity index (χ2n) is 4.31. The maximum Gasteiger partial charge on any atom is 0.259 e. The predicted octanol–water partition coefficient (Wildman–Crippen LogP) is 4.11. The Labute approximate surface area is 132 Å². The summed E-state index contributed by atoms with van der Waals surface area (Å²) in [6.45, 7) is 2.07. The number of aryl methyl sites for hydroxylation is 1. The first kappa shape index (κ1) is 14.8. The molecule has 2 aromatic carbocycles. The number of hydrogen-bond donors (Lipinski definition) is 1. The van der Waals surface area contributed by atoms with Crippen molar-refractivity contribution in [1.82, 2.24) is 0 Å². The summed E-state index contributed by atoms with van der Waals surface area (Å²) in [5.41, 5.74) is 2.51. The number of halogens is 1. The number of amides is 1. The van der Waals surface area contributed by atoms with E-state index in [0.717, 1.165) is 21.2 Å². The Morgan fingerprint density at radius 2 is 2.00 bits per heavy atom. The fraction of sp³-hybridized carbons (Fsp3) is 0.188. The van der Waals surface area contributed by atoms with Crippen LogP contribution in [-0.4, -0.2) is 13.0 Å². The van der Waals surface area contributed by atoms with E-state index in [9.17, 15) is 4.79 Å². The molecule has 4 heteroatoms. The molecule has 104 valence electrons. The predicted molar refractivity (Wildman–Crippen MR) is 89.5 cm³/mol. The summed E-state index contributed by atoms with van der Waals surface area (Å²) < 4.78 is 6.38. The van der Waals surface area contributed by atoms with Gasteiger partial charge in [0, 0.05) is 9.26 Å². The van der Waals surface area contributed by atoms with Crippen molar-refractivity contribution in [2.24, 2.45) is 0 Å². The van der Waals surface area contributed by atoms with Gasteiger partial charge in [-0.15, -0.1) is 0 Å². The Balaban J connectivity index is 2.28. The van der Waals surface area contributed by atoms with Gasteiger partial charge in [-0.25, -0.2) is 0 Å². The zero-order chi connectivity index (χ0) is 14.5. The Bertz CT molecular complexity index is 626. The molecule has 0 spiro atoms. The lowest BCUT2D eigenvalue weighted by molar-refractivity contribution is 0.102. The molecule has 0 saturated heterocycles. The summed E-state index contributed by atoms with van der Waals surface area (Å²) in [4.78, 5) is 12.4. The highest BCUT2D eigenvalue weighted by Gasteiger charge is 2.13. The van der Waals surface area contributed by atoms with Crippen molar-refractivity contribution in [3.05, 3.63) is 57.2 Å². The molecule has 0 radical (unpaired) electrons. The van der Waals surface area contributed by atoms with Crippen molar-refractivity contribution >= 4 is 34.2 Å². The summed E-state index contributed by atoms with van der Waals surface area (Å²) in [6, 6.07) is 13.2. The minimum Gasteiger partial charge on any atom is -0.496 e. The molecule has 0 aliphatic heterocycles. The van der Waals surface area contributed by atoms with Crippen molar-refractivity contribution in [3.63, 3.8) is 0 Å². The highest BCUT2D eigenvalue weighted by molar-refractivity contribution is 14.1. The number of rotatable bonds is 4. The standard InChI is InChI=1S/C16H16INO2/c1-3-11-10-12(17)8-9-14(11)18-16(19)13-6-4-5-7-15(13)20-2/h4-10H,3H2,1-2H3,(H,18,19). The molecule has 2 rings (SSSR count). The Hall–Kier alpha value is -1.56. The molecule has 3 nitrogen and oxygen atoms in total. The number of carbonyl (C=O) groups excluding carboxylic acids is 1. The van der Waals surface area contributed by atoms with E-state index in [4.69, 9.17) is 4.74 Å². The van der Waals surface area contributed by atoms with Crippen LogP contribution in [0.3, 0.4) is 0 Å². The highest BCUT2D eigenvalue weighted by Crippen LogP contribution is 2.23. The maximum absolute atomic E-state index is 12.4. The molecule has 0 aromatic heterocycles. The average molecular weight is 381 g/mol. The summed E-state index contributed by atoms with van der Waals surface area (Å²) in [5, 5.41) is 2.96. The third kappa shape index (κ3) is 3.30. The van der Waals surface area contributed by atoms with Gasteiger partial charge >= 0.3 is 0 Å². The van der Waals surface area contributed by atoms with Gasteiger partial charge in [-0.3, -0.25) is 4.79 Å². The molecule has 0 aliphatic rings. The number of methoxy groups -OCH3 is 1. The molecule has 1 N–H and O–H groups in total. The molecular weight excluding hydrogens is 365 g/mol. The first-order valence-corrected chi connectivity index (χ1v) is 7.46. The second-order valence-corrected chi connectivity index (χ2v) is 5.56. The Morgan fingerprint density at radius 3 is 2.70 bits per heavy atom. The summed E-state index contributed by atoms with van der Waals surface area (Å²) in [7, 11) is 1.56. The van der Waals surface area contributed by atoms with E-state index in [1.54, 1.807) is 19.2 Å². The van der Waals surface area contributed by atoms with Gasteiger partial charge in [-0.2, -0.15) is 0 Å². The fourth-order valence-electron chi connectivity index (χ4n) is 2.00. The summed E-state index contributed by atoms with van der Waals surface area (Å²) in [5.74, 6) is 0.423. The molecule has 0 aliphatic carbocycles. The van der Waals surface area contributed by atoms with Crippen LogP contribution in [0.5, 0.6) is 5.75 Å². The smallest absolute Gasteiger partial charge is 0.259 e. The third-order valence-corrected chi connectivity index (χ3v) is 3.72. The van der Waals surface area contributed by atoms with E-state index in [0.29, 0.717) is 11.3 Å². The van der Waals surface area contributed by atoms with Crippen LogP contribution in [0.2, 0.25) is 0 Å². The van der Waals surface area contributed by atoms with Crippen LogP contribution < -0.4 is 10.1 Å². The lowest BCUT2D eigenvalue weighted by Gasteiger charge is -2.12. The van der Waals surface area contributed by atoms with Crippen LogP contribution in [0.4, 0.5) is 5.69 Å². The summed E-state index contributed by atoms with van der Waals surface area (Å²) in [6.07, 6.45) is 0.873. The molecule has 2 aromatic rings. The van der Waals surface area contributed by atoms with E-state index in [2.05, 4.69) is 40.9 Å². The molecule has 0 unspecified atom stereocenters. The van der Waals surface area contributed by atoms with Crippen LogP contribution in [-0.2, 0) is 6.42 Å². The SMILES string of the molecule is CCc1cc(I)ccc1NC(=O)c1ccccc1OC. The van der Waals surface area contributed by atoms with Crippen molar-refractivity contribution in [2.75, 3.05) is 12.4 Å². The van der Waals surface area contributed by atoms with Gasteiger partial charge in [0.2, 0.25) is 0 Å². The van der Waals surface area contributed by atoms with E-state index in [1.807, 2.05) is 24.3 Å². The molecule has 1 amide bonds. The van der Waals surface area contributed by atoms with E-state index >= 15 is 0 Å². The summed E-state index contributed by atoms with van der Waals surface area (Å²) >= 11 is 2.27. The van der Waals surface area contributed by atoms with Gasteiger partial charge in [0.15, 0.2) is 0 Å². The minimum atomic E-state index is -0.154. The molecule has 0 heterocycles. The van der Waals surface area contributed by atoms with Crippen molar-refractivity contribution in [2.45, 2.75) is 13.3 Å². The quantitative estimate of drug-likeness (QED) is 0.810. The van der Waals surface area contributed by atoms with Gasteiger partial charge in [0.1, 0.15) is 5.75 Å². The Kier molecular flexibility index (Phi) is 5.00. The van der Waals surface area contributed by atoms with Crippen LogP contribution in [0, 0.1) is 3.57 Å². The van der Waals surface area contributed by atoms with E-state index in [1.165, 1.54) is 0 Å². The van der Waals surface area contributed by atoms with Gasteiger partial charge in [-0.05, 0) is 64.9 Å². The Morgan fingerprint density at radius 1 is 1.25 bits per heavy atom. The van der Waals surface area contributed by atoms with Crippen molar-refractivity contribution < 1.29 is 9.53 Å². The molecular formula is C16H16INO2. The second kappa shape index (κ2) is 6.74. The average Bonchev–Trinajstić information content (AvgIpc) is 2.48. The number of carbonyl (C=O) groups is 1. The topological polar surface area (TPSA) is 38.3 Å². The van der Waals surface area contributed by atoms with Gasteiger partial charge in [0.05, 0.1) is 12.7 Å². The van der Waals surface area contributed by atoms with Crippen LogP contribution in [0.15, 0.2) is 42.5 Å². The number of nitrogens with one attached hydrogen (secondary N) is 1. The van der Waals surface area contributed by atoms with Crippen LogP contribution in [0.25, 0.3) is 0 Å². The van der Waals surface area contributed by atoms with Gasteiger partial charge in [0.25, 0.3) is 5.91 Å². The number of para-hydroxylation sites is 1. The highest BCUT2D eigenvalue weighted by atomic mass is 127. The first-order valence-electron chi connectivity index (χ1n) is 6.38. The van der Waals surface area contributed by atoms with Gasteiger partial charge in [-0.1, -0.05) is 19.1 Å². The number of ether oxygens (including phenoxy) is 1. The van der Waals surface area contributed by atoms with E-state index < -0.39 is 0 Å². The zero-order valence-corrected chi connectivity index (χ0v) is 13.6.